The highest BCUT2D eigenvalue weighted by Gasteiger charge is 2.15. The lowest BCUT2D eigenvalue weighted by atomic mass is 10.00. The molecule has 2 rings (SSSR count). The number of nitrogens with two attached hydrogens (primary N) is 1. The number of halogens is 3. The Bertz CT molecular complexity index is 578. The molecule has 0 aliphatic carbocycles. The van der Waals surface area contributed by atoms with Crippen LogP contribution in [0.15, 0.2) is 41.1 Å². The number of pyridine rings is 1. The topological polar surface area (TPSA) is 50.9 Å². The first kappa shape index (κ1) is 14.8. The molecule has 0 aliphatic heterocycles. The Morgan fingerprint density at radius 3 is 2.68 bits per heavy atom. The molecule has 0 aliphatic rings. The van der Waals surface area contributed by atoms with E-state index in [1.807, 2.05) is 24.3 Å². The molecule has 3 nitrogen and oxygen atoms in total. The molecule has 2 aromatic rings. The molecule has 19 heavy (non-hydrogen) atoms. The summed E-state index contributed by atoms with van der Waals surface area (Å²) in [6.07, 6.45) is 3.96. The minimum atomic E-state index is -0.111. The highest BCUT2D eigenvalue weighted by atomic mass is 79.9. The normalized spacial score (nSPS) is 12.4. The van der Waals surface area contributed by atoms with Gasteiger partial charge in [-0.15, -0.1) is 0 Å². The molecule has 100 valence electrons. The number of rotatable bonds is 4. The van der Waals surface area contributed by atoms with Crippen molar-refractivity contribution >= 4 is 39.1 Å². The summed E-state index contributed by atoms with van der Waals surface area (Å²) in [6.45, 7) is 0. The smallest absolute Gasteiger partial charge is 0.0622 e. The van der Waals surface area contributed by atoms with Crippen molar-refractivity contribution < 1.29 is 0 Å². The molecule has 3 N–H and O–H groups in total. The molecule has 1 atom stereocenters. The van der Waals surface area contributed by atoms with Crippen LogP contribution in [-0.4, -0.2) is 4.98 Å². The Morgan fingerprint density at radius 2 is 2.05 bits per heavy atom. The van der Waals surface area contributed by atoms with Crippen LogP contribution in [0.25, 0.3) is 0 Å². The van der Waals surface area contributed by atoms with Crippen LogP contribution in [0, 0.1) is 0 Å². The van der Waals surface area contributed by atoms with Crippen molar-refractivity contribution in [1.29, 1.82) is 0 Å². The standard InChI is InChI=1S/C13H12BrCl2N3/c14-9-1-2-10(11(15)6-9)13(19-17)5-8-3-4-18-7-12(8)16/h1-4,6-7,13,19H,5,17H2. The van der Waals surface area contributed by atoms with Crippen LogP contribution in [0.4, 0.5) is 0 Å². The van der Waals surface area contributed by atoms with Crippen molar-refractivity contribution in [2.24, 2.45) is 5.84 Å². The number of hydrazine groups is 1. The van der Waals surface area contributed by atoms with E-state index in [0.29, 0.717) is 16.5 Å². The molecule has 6 heteroatoms. The maximum Gasteiger partial charge on any atom is 0.0622 e. The molecule has 0 fully saturated rings. The van der Waals surface area contributed by atoms with Crippen molar-refractivity contribution in [1.82, 2.24) is 10.4 Å². The number of benzene rings is 1. The van der Waals surface area contributed by atoms with Gasteiger partial charge in [-0.3, -0.25) is 16.3 Å². The first-order chi connectivity index (χ1) is 9.11. The molecular weight excluding hydrogens is 349 g/mol. The first-order valence-electron chi connectivity index (χ1n) is 5.61. The third kappa shape index (κ3) is 3.68. The van der Waals surface area contributed by atoms with Gasteiger partial charge in [-0.25, -0.2) is 0 Å². The third-order valence-corrected chi connectivity index (χ3v) is 3.98. The van der Waals surface area contributed by atoms with E-state index in [0.717, 1.165) is 15.6 Å². The molecule has 1 unspecified atom stereocenters. The van der Waals surface area contributed by atoms with Crippen molar-refractivity contribution in [2.45, 2.75) is 12.5 Å². The number of nitrogens with zero attached hydrogens (tertiary/aromatic N) is 1. The van der Waals surface area contributed by atoms with Gasteiger partial charge in [0.25, 0.3) is 0 Å². The summed E-state index contributed by atoms with van der Waals surface area (Å²) < 4.78 is 0.930. The fourth-order valence-electron chi connectivity index (χ4n) is 1.83. The van der Waals surface area contributed by atoms with Gasteiger partial charge in [-0.05, 0) is 35.7 Å². The Kier molecular flexibility index (Phi) is 5.19. The molecule has 1 heterocycles. The van der Waals surface area contributed by atoms with Gasteiger partial charge in [0, 0.05) is 21.9 Å². The van der Waals surface area contributed by atoms with Gasteiger partial charge in [-0.2, -0.15) is 0 Å². The van der Waals surface area contributed by atoms with Gasteiger partial charge in [0.15, 0.2) is 0 Å². The quantitative estimate of drug-likeness (QED) is 0.642. The molecule has 0 amide bonds. The Morgan fingerprint density at radius 1 is 1.26 bits per heavy atom. The Hall–Kier alpha value is -0.650. The number of hydrogen-bond donors (Lipinski definition) is 2. The monoisotopic (exact) mass is 359 g/mol. The first-order valence-corrected chi connectivity index (χ1v) is 7.16. The van der Waals surface area contributed by atoms with Gasteiger partial charge in [0.2, 0.25) is 0 Å². The lowest BCUT2D eigenvalue weighted by molar-refractivity contribution is 0.552. The van der Waals surface area contributed by atoms with Crippen LogP contribution in [0.2, 0.25) is 10.0 Å². The minimum absolute atomic E-state index is 0.111. The average Bonchev–Trinajstić information content (AvgIpc) is 2.39. The SMILES string of the molecule is NNC(Cc1ccncc1Cl)c1ccc(Br)cc1Cl. The zero-order valence-electron chi connectivity index (χ0n) is 9.91. The maximum absolute atomic E-state index is 6.24. The summed E-state index contributed by atoms with van der Waals surface area (Å²) in [5.74, 6) is 5.63. The van der Waals surface area contributed by atoms with E-state index >= 15 is 0 Å². The summed E-state index contributed by atoms with van der Waals surface area (Å²) in [5, 5.41) is 1.28. The summed E-state index contributed by atoms with van der Waals surface area (Å²) in [6, 6.07) is 7.47. The lowest BCUT2D eigenvalue weighted by Crippen LogP contribution is -2.29. The largest absolute Gasteiger partial charge is 0.271 e. The van der Waals surface area contributed by atoms with Gasteiger partial charge < -0.3 is 0 Å². The number of aromatic nitrogens is 1. The highest BCUT2D eigenvalue weighted by molar-refractivity contribution is 9.10. The number of nitrogens with one attached hydrogen (secondary N) is 1. The fourth-order valence-corrected chi connectivity index (χ4v) is 2.83. The van der Waals surface area contributed by atoms with Crippen LogP contribution < -0.4 is 11.3 Å². The summed E-state index contributed by atoms with van der Waals surface area (Å²) in [5.41, 5.74) is 4.68. The Labute approximate surface area is 130 Å². The maximum atomic E-state index is 6.24. The molecule has 0 bridgehead atoms. The molecule has 1 aromatic carbocycles. The van der Waals surface area contributed by atoms with Gasteiger partial charge in [0.1, 0.15) is 0 Å². The predicted molar refractivity (Wildman–Crippen MR) is 82.2 cm³/mol. The minimum Gasteiger partial charge on any atom is -0.271 e. The van der Waals surface area contributed by atoms with Crippen LogP contribution >= 0.6 is 39.1 Å². The molecule has 0 saturated heterocycles. The van der Waals surface area contributed by atoms with Crippen LogP contribution in [0.1, 0.15) is 17.2 Å². The summed E-state index contributed by atoms with van der Waals surface area (Å²) >= 11 is 15.7. The van der Waals surface area contributed by atoms with E-state index in [2.05, 4.69) is 26.3 Å². The van der Waals surface area contributed by atoms with E-state index in [4.69, 9.17) is 29.0 Å². The predicted octanol–water partition coefficient (Wildman–Crippen LogP) is 3.90. The molecule has 1 aromatic heterocycles. The van der Waals surface area contributed by atoms with Gasteiger partial charge in [0.05, 0.1) is 11.1 Å². The zero-order chi connectivity index (χ0) is 13.8. The molecular formula is C13H12BrCl2N3. The van der Waals surface area contributed by atoms with Crippen molar-refractivity contribution in [3.63, 3.8) is 0 Å². The Balaban J connectivity index is 2.28. The van der Waals surface area contributed by atoms with Crippen LogP contribution in [0.5, 0.6) is 0 Å². The fraction of sp³-hybridized carbons (Fsp3) is 0.154. The van der Waals surface area contributed by atoms with E-state index in [9.17, 15) is 0 Å². The second-order valence-corrected chi connectivity index (χ2v) is 5.79. The molecule has 0 saturated carbocycles. The third-order valence-electron chi connectivity index (χ3n) is 2.82. The van der Waals surface area contributed by atoms with Crippen molar-refractivity contribution in [3.05, 3.63) is 62.3 Å². The van der Waals surface area contributed by atoms with E-state index in [-0.39, 0.29) is 6.04 Å². The molecule has 0 spiro atoms. The van der Waals surface area contributed by atoms with E-state index < -0.39 is 0 Å². The number of hydrogen-bond acceptors (Lipinski definition) is 3. The summed E-state index contributed by atoms with van der Waals surface area (Å²) in [4.78, 5) is 3.96. The van der Waals surface area contributed by atoms with Gasteiger partial charge in [-0.1, -0.05) is 45.2 Å². The summed E-state index contributed by atoms with van der Waals surface area (Å²) in [7, 11) is 0. The van der Waals surface area contributed by atoms with Crippen LogP contribution in [0.3, 0.4) is 0 Å². The van der Waals surface area contributed by atoms with Crippen molar-refractivity contribution in [2.75, 3.05) is 0 Å². The van der Waals surface area contributed by atoms with E-state index in [1.54, 1.807) is 12.4 Å². The van der Waals surface area contributed by atoms with Crippen LogP contribution in [-0.2, 0) is 6.42 Å². The molecule has 0 radical (unpaired) electrons. The average molecular weight is 361 g/mol. The lowest BCUT2D eigenvalue weighted by Gasteiger charge is -2.18. The second kappa shape index (κ2) is 6.68. The highest BCUT2D eigenvalue weighted by Crippen LogP contribution is 2.29. The van der Waals surface area contributed by atoms with Crippen molar-refractivity contribution in [3.8, 4) is 0 Å². The zero-order valence-corrected chi connectivity index (χ0v) is 13.0. The van der Waals surface area contributed by atoms with Gasteiger partial charge >= 0.3 is 0 Å². The van der Waals surface area contributed by atoms with E-state index in [1.165, 1.54) is 0 Å². The second-order valence-electron chi connectivity index (χ2n) is 4.06.